The van der Waals surface area contributed by atoms with Gasteiger partial charge in [0.1, 0.15) is 28.1 Å². The van der Waals surface area contributed by atoms with E-state index in [0.29, 0.717) is 23.7 Å². The van der Waals surface area contributed by atoms with Crippen LogP contribution < -0.4 is 9.64 Å². The molecule has 150 valence electrons. The van der Waals surface area contributed by atoms with E-state index in [1.54, 1.807) is 12.1 Å². The zero-order chi connectivity index (χ0) is 20.2. The molecule has 1 saturated heterocycles. The lowest BCUT2D eigenvalue weighted by atomic mass is 10.2. The fourth-order valence-corrected chi connectivity index (χ4v) is 4.28. The van der Waals surface area contributed by atoms with Crippen LogP contribution in [0.15, 0.2) is 54.6 Å². The van der Waals surface area contributed by atoms with Crippen LogP contribution in [0.5, 0.6) is 5.75 Å². The summed E-state index contributed by atoms with van der Waals surface area (Å²) in [7, 11) is 0. The van der Waals surface area contributed by atoms with E-state index in [9.17, 15) is 9.18 Å². The van der Waals surface area contributed by atoms with Crippen molar-refractivity contribution >= 4 is 22.9 Å². The summed E-state index contributed by atoms with van der Waals surface area (Å²) < 4.78 is 18.6. The normalized spacial score (nSPS) is 14.1. The van der Waals surface area contributed by atoms with Gasteiger partial charge >= 0.3 is 0 Å². The van der Waals surface area contributed by atoms with Crippen LogP contribution >= 0.6 is 11.3 Å². The first-order valence-corrected chi connectivity index (χ1v) is 10.4. The number of benzene rings is 2. The Labute approximate surface area is 173 Å². The van der Waals surface area contributed by atoms with Gasteiger partial charge in [-0.2, -0.15) is 0 Å². The Hall–Kier alpha value is -2.93. The predicted octanol–water partition coefficient (Wildman–Crippen LogP) is 4.13. The van der Waals surface area contributed by atoms with Crippen molar-refractivity contribution in [2.75, 3.05) is 31.1 Å². The number of hydrogen-bond acceptors (Lipinski definition) is 5. The molecule has 29 heavy (non-hydrogen) atoms. The van der Waals surface area contributed by atoms with Gasteiger partial charge in [0.2, 0.25) is 0 Å². The van der Waals surface area contributed by atoms with Crippen molar-refractivity contribution in [3.8, 4) is 5.75 Å². The number of aryl methyl sites for hydroxylation is 1. The number of hydrogen-bond donors (Lipinski definition) is 0. The fraction of sp³-hybridized carbons (Fsp3) is 0.273. The number of para-hydroxylation sites is 1. The average molecular weight is 412 g/mol. The zero-order valence-corrected chi connectivity index (χ0v) is 17.0. The van der Waals surface area contributed by atoms with Crippen LogP contribution in [0.25, 0.3) is 0 Å². The van der Waals surface area contributed by atoms with Crippen LogP contribution in [0.4, 0.5) is 10.1 Å². The van der Waals surface area contributed by atoms with Gasteiger partial charge in [-0.1, -0.05) is 18.2 Å². The standard InChI is InChI=1S/C22H22FN3O2S/c1-16-21(29-20(24-16)15-28-19-9-7-17(23)8-10-19)22(27)26-13-11-25(12-14-26)18-5-3-2-4-6-18/h2-10H,11-15H2,1H3. The van der Waals surface area contributed by atoms with Crippen molar-refractivity contribution in [3.63, 3.8) is 0 Å². The van der Waals surface area contributed by atoms with Crippen molar-refractivity contribution in [2.24, 2.45) is 0 Å². The van der Waals surface area contributed by atoms with E-state index in [0.717, 1.165) is 23.8 Å². The highest BCUT2D eigenvalue weighted by Crippen LogP contribution is 2.23. The second-order valence-electron chi connectivity index (χ2n) is 6.88. The Bertz CT molecular complexity index is 967. The first-order chi connectivity index (χ1) is 14.1. The molecule has 2 heterocycles. The molecule has 1 aliphatic rings. The summed E-state index contributed by atoms with van der Waals surface area (Å²) in [6.45, 7) is 5.11. The van der Waals surface area contributed by atoms with Gasteiger partial charge in [-0.05, 0) is 43.3 Å². The number of ether oxygens (including phenoxy) is 1. The van der Waals surface area contributed by atoms with Gasteiger partial charge in [-0.25, -0.2) is 9.37 Å². The molecule has 1 aliphatic heterocycles. The van der Waals surface area contributed by atoms with Gasteiger partial charge in [-0.3, -0.25) is 4.79 Å². The minimum atomic E-state index is -0.303. The number of carbonyl (C=O) groups excluding carboxylic acids is 1. The van der Waals surface area contributed by atoms with E-state index < -0.39 is 0 Å². The van der Waals surface area contributed by atoms with E-state index in [1.165, 1.54) is 29.2 Å². The lowest BCUT2D eigenvalue weighted by molar-refractivity contribution is 0.0750. The highest BCUT2D eigenvalue weighted by atomic mass is 32.1. The van der Waals surface area contributed by atoms with Crippen molar-refractivity contribution in [1.82, 2.24) is 9.88 Å². The quantitative estimate of drug-likeness (QED) is 0.633. The van der Waals surface area contributed by atoms with E-state index in [1.807, 2.05) is 30.0 Å². The fourth-order valence-electron chi connectivity index (χ4n) is 3.34. The summed E-state index contributed by atoms with van der Waals surface area (Å²) in [5, 5.41) is 0.734. The Morgan fingerprint density at radius 2 is 1.76 bits per heavy atom. The number of piperazine rings is 1. The lowest BCUT2D eigenvalue weighted by Gasteiger charge is -2.36. The number of thiazole rings is 1. The van der Waals surface area contributed by atoms with E-state index >= 15 is 0 Å². The number of amides is 1. The van der Waals surface area contributed by atoms with E-state index in [-0.39, 0.29) is 18.3 Å². The van der Waals surface area contributed by atoms with Gasteiger partial charge in [0.25, 0.3) is 5.91 Å². The summed E-state index contributed by atoms with van der Waals surface area (Å²) in [5.41, 5.74) is 1.91. The zero-order valence-electron chi connectivity index (χ0n) is 16.2. The van der Waals surface area contributed by atoms with Gasteiger partial charge < -0.3 is 14.5 Å². The molecular weight excluding hydrogens is 389 g/mol. The van der Waals surface area contributed by atoms with Gasteiger partial charge in [-0.15, -0.1) is 11.3 Å². The van der Waals surface area contributed by atoms with Crippen molar-refractivity contribution < 1.29 is 13.9 Å². The molecule has 1 amide bonds. The summed E-state index contributed by atoms with van der Waals surface area (Å²) in [4.78, 5) is 22.3. The third kappa shape index (κ3) is 4.56. The summed E-state index contributed by atoms with van der Waals surface area (Å²) in [6, 6.07) is 16.1. The first kappa shape index (κ1) is 19.4. The molecule has 0 atom stereocenters. The molecule has 1 aromatic heterocycles. The van der Waals surface area contributed by atoms with E-state index in [4.69, 9.17) is 4.74 Å². The lowest BCUT2D eigenvalue weighted by Crippen LogP contribution is -2.48. The number of carbonyl (C=O) groups is 1. The van der Waals surface area contributed by atoms with Gasteiger partial charge in [0, 0.05) is 31.9 Å². The number of rotatable bonds is 5. The van der Waals surface area contributed by atoms with Crippen LogP contribution in [0.3, 0.4) is 0 Å². The van der Waals surface area contributed by atoms with Gasteiger partial charge in [0.15, 0.2) is 0 Å². The molecule has 4 rings (SSSR count). The average Bonchev–Trinajstić information content (AvgIpc) is 3.14. The van der Waals surface area contributed by atoms with Gasteiger partial charge in [0.05, 0.1) is 5.69 Å². The number of anilines is 1. The molecular formula is C22H22FN3O2S. The second kappa shape index (κ2) is 8.61. The summed E-state index contributed by atoms with van der Waals surface area (Å²) >= 11 is 1.37. The number of halogens is 1. The Morgan fingerprint density at radius 1 is 1.07 bits per heavy atom. The van der Waals surface area contributed by atoms with Crippen LogP contribution in [0, 0.1) is 12.7 Å². The van der Waals surface area contributed by atoms with Crippen LogP contribution in [-0.4, -0.2) is 42.0 Å². The predicted molar refractivity (Wildman–Crippen MR) is 112 cm³/mol. The SMILES string of the molecule is Cc1nc(COc2ccc(F)cc2)sc1C(=O)N1CCN(c2ccccc2)CC1. The molecule has 0 N–H and O–H groups in total. The highest BCUT2D eigenvalue weighted by Gasteiger charge is 2.25. The molecule has 0 saturated carbocycles. The maximum absolute atomic E-state index is 13.0. The maximum Gasteiger partial charge on any atom is 0.265 e. The maximum atomic E-state index is 13.0. The largest absolute Gasteiger partial charge is 0.486 e. The Morgan fingerprint density at radius 3 is 2.45 bits per heavy atom. The first-order valence-electron chi connectivity index (χ1n) is 9.54. The monoisotopic (exact) mass is 411 g/mol. The molecule has 5 nitrogen and oxygen atoms in total. The third-order valence-corrected chi connectivity index (χ3v) is 6.02. The summed E-state index contributed by atoms with van der Waals surface area (Å²) in [5.74, 6) is 0.299. The molecule has 2 aromatic carbocycles. The molecule has 0 radical (unpaired) electrons. The molecule has 0 spiro atoms. The third-order valence-electron chi connectivity index (χ3n) is 4.90. The second-order valence-corrected chi connectivity index (χ2v) is 7.96. The number of nitrogens with zero attached hydrogens (tertiary/aromatic N) is 3. The molecule has 1 fully saturated rings. The van der Waals surface area contributed by atoms with Crippen LogP contribution in [-0.2, 0) is 6.61 Å². The van der Waals surface area contributed by atoms with Crippen LogP contribution in [0.1, 0.15) is 20.4 Å². The summed E-state index contributed by atoms with van der Waals surface area (Å²) in [6.07, 6.45) is 0. The van der Waals surface area contributed by atoms with E-state index in [2.05, 4.69) is 22.0 Å². The molecule has 0 bridgehead atoms. The molecule has 7 heteroatoms. The molecule has 3 aromatic rings. The molecule has 0 unspecified atom stereocenters. The van der Waals surface area contributed by atoms with Crippen molar-refractivity contribution in [1.29, 1.82) is 0 Å². The smallest absolute Gasteiger partial charge is 0.265 e. The van der Waals surface area contributed by atoms with Crippen molar-refractivity contribution in [2.45, 2.75) is 13.5 Å². The highest BCUT2D eigenvalue weighted by molar-refractivity contribution is 7.13. The van der Waals surface area contributed by atoms with Crippen LogP contribution in [0.2, 0.25) is 0 Å². The Kier molecular flexibility index (Phi) is 5.76. The Balaban J connectivity index is 1.36. The minimum absolute atomic E-state index is 0.0285. The topological polar surface area (TPSA) is 45.7 Å². The minimum Gasteiger partial charge on any atom is -0.486 e. The van der Waals surface area contributed by atoms with Crippen molar-refractivity contribution in [3.05, 3.63) is 76.0 Å². The molecule has 0 aliphatic carbocycles. The number of aromatic nitrogens is 1.